The van der Waals surface area contributed by atoms with Crippen LogP contribution in [0.25, 0.3) is 0 Å². The lowest BCUT2D eigenvalue weighted by atomic mass is 9.88. The molecular formula is C19H17F2N3O. The van der Waals surface area contributed by atoms with Crippen LogP contribution in [0.15, 0.2) is 36.4 Å². The minimum atomic E-state index is -0.690. The summed E-state index contributed by atoms with van der Waals surface area (Å²) in [6.45, 7) is 1.17. The summed E-state index contributed by atoms with van der Waals surface area (Å²) in [4.78, 5) is 14.5. The van der Waals surface area contributed by atoms with Crippen LogP contribution in [-0.4, -0.2) is 18.9 Å². The van der Waals surface area contributed by atoms with E-state index in [1.54, 1.807) is 18.2 Å². The van der Waals surface area contributed by atoms with Crippen LogP contribution in [0.3, 0.4) is 0 Å². The third kappa shape index (κ3) is 3.45. The predicted molar refractivity (Wildman–Crippen MR) is 91.2 cm³/mol. The first-order valence-electron chi connectivity index (χ1n) is 8.03. The number of nitrogens with zero attached hydrogens (tertiary/aromatic N) is 2. The minimum absolute atomic E-state index is 0.184. The molecule has 1 heterocycles. The summed E-state index contributed by atoms with van der Waals surface area (Å²) >= 11 is 0. The maximum Gasteiger partial charge on any atom is 0.169 e. The van der Waals surface area contributed by atoms with E-state index in [-0.39, 0.29) is 17.3 Å². The quantitative estimate of drug-likeness (QED) is 0.685. The van der Waals surface area contributed by atoms with E-state index >= 15 is 0 Å². The van der Waals surface area contributed by atoms with Crippen molar-refractivity contribution in [3.63, 3.8) is 0 Å². The van der Waals surface area contributed by atoms with Crippen LogP contribution in [0.2, 0.25) is 0 Å². The Hall–Kier alpha value is -2.94. The van der Waals surface area contributed by atoms with Crippen molar-refractivity contribution in [2.24, 2.45) is 5.92 Å². The Bertz CT molecular complexity index is 852. The molecule has 6 heteroatoms. The van der Waals surface area contributed by atoms with E-state index in [0.717, 1.165) is 23.9 Å². The van der Waals surface area contributed by atoms with Crippen LogP contribution in [-0.2, 0) is 0 Å². The Kier molecular flexibility index (Phi) is 4.66. The van der Waals surface area contributed by atoms with Gasteiger partial charge in [0, 0.05) is 19.0 Å². The largest absolute Gasteiger partial charge is 0.397 e. The fourth-order valence-corrected chi connectivity index (χ4v) is 3.20. The van der Waals surface area contributed by atoms with Gasteiger partial charge in [-0.25, -0.2) is 8.78 Å². The highest BCUT2D eigenvalue weighted by molar-refractivity contribution is 5.98. The van der Waals surface area contributed by atoms with Gasteiger partial charge in [-0.2, -0.15) is 5.26 Å². The lowest BCUT2D eigenvalue weighted by Crippen LogP contribution is -2.37. The number of ketones is 1. The topological polar surface area (TPSA) is 70.1 Å². The number of hydrogen-bond donors (Lipinski definition) is 1. The molecule has 1 aliphatic heterocycles. The van der Waals surface area contributed by atoms with Gasteiger partial charge in [-0.15, -0.1) is 0 Å². The molecule has 1 aliphatic rings. The number of anilines is 2. The fraction of sp³-hybridized carbons (Fsp3) is 0.263. The number of carbonyl (C=O) groups is 1. The molecule has 0 spiro atoms. The molecule has 2 aromatic rings. The lowest BCUT2D eigenvalue weighted by Gasteiger charge is -2.33. The van der Waals surface area contributed by atoms with E-state index in [0.29, 0.717) is 37.2 Å². The summed E-state index contributed by atoms with van der Waals surface area (Å²) in [7, 11) is 0. The molecule has 4 nitrogen and oxygen atoms in total. The average molecular weight is 341 g/mol. The zero-order chi connectivity index (χ0) is 18.0. The Labute approximate surface area is 144 Å². The standard InChI is InChI=1S/C19H17F2N3O/c20-14-2-3-16(21)15(10-14)19(25)13-5-7-24(8-6-13)18-4-1-12(11-22)9-17(18)23/h1-4,9-10,13H,5-8,23H2. The minimum Gasteiger partial charge on any atom is -0.397 e. The number of benzene rings is 2. The Morgan fingerprint density at radius 1 is 1.16 bits per heavy atom. The number of hydrogen-bond acceptors (Lipinski definition) is 4. The monoisotopic (exact) mass is 341 g/mol. The first-order valence-corrected chi connectivity index (χ1v) is 8.03. The predicted octanol–water partition coefficient (Wildman–Crippen LogP) is 3.52. The molecular weight excluding hydrogens is 324 g/mol. The third-order valence-electron chi connectivity index (χ3n) is 4.56. The molecule has 0 bridgehead atoms. The summed E-state index contributed by atoms with van der Waals surface area (Å²) in [5, 5.41) is 8.90. The van der Waals surface area contributed by atoms with Crippen molar-refractivity contribution < 1.29 is 13.6 Å². The van der Waals surface area contributed by atoms with Crippen LogP contribution < -0.4 is 10.6 Å². The van der Waals surface area contributed by atoms with Gasteiger partial charge < -0.3 is 10.6 Å². The zero-order valence-corrected chi connectivity index (χ0v) is 13.5. The van der Waals surface area contributed by atoms with Crippen molar-refractivity contribution in [3.8, 4) is 6.07 Å². The van der Waals surface area contributed by atoms with Crippen LogP contribution in [0, 0.1) is 28.9 Å². The van der Waals surface area contributed by atoms with Crippen LogP contribution >= 0.6 is 0 Å². The van der Waals surface area contributed by atoms with Gasteiger partial charge in [-0.1, -0.05) is 0 Å². The first-order chi connectivity index (χ1) is 12.0. The summed E-state index contributed by atoms with van der Waals surface area (Å²) in [6, 6.07) is 10.1. The highest BCUT2D eigenvalue weighted by Crippen LogP contribution is 2.30. The molecule has 0 radical (unpaired) electrons. The maximum atomic E-state index is 13.8. The van der Waals surface area contributed by atoms with Crippen molar-refractivity contribution in [2.75, 3.05) is 23.7 Å². The number of nitrogen functional groups attached to an aromatic ring is 1. The second-order valence-corrected chi connectivity index (χ2v) is 6.14. The molecule has 1 saturated heterocycles. The smallest absolute Gasteiger partial charge is 0.169 e. The van der Waals surface area contributed by atoms with E-state index in [1.165, 1.54) is 0 Å². The Morgan fingerprint density at radius 2 is 1.88 bits per heavy atom. The van der Waals surface area contributed by atoms with Crippen molar-refractivity contribution in [2.45, 2.75) is 12.8 Å². The van der Waals surface area contributed by atoms with Crippen molar-refractivity contribution in [1.29, 1.82) is 5.26 Å². The maximum absolute atomic E-state index is 13.8. The van der Waals surface area contributed by atoms with Gasteiger partial charge in [0.1, 0.15) is 11.6 Å². The third-order valence-corrected chi connectivity index (χ3v) is 4.56. The molecule has 25 heavy (non-hydrogen) atoms. The molecule has 2 N–H and O–H groups in total. The van der Waals surface area contributed by atoms with Gasteiger partial charge in [-0.05, 0) is 49.2 Å². The van der Waals surface area contributed by atoms with Crippen molar-refractivity contribution in [3.05, 3.63) is 59.2 Å². The summed E-state index contributed by atoms with van der Waals surface area (Å²) in [5.74, 6) is -2.01. The highest BCUT2D eigenvalue weighted by atomic mass is 19.1. The van der Waals surface area contributed by atoms with Gasteiger partial charge >= 0.3 is 0 Å². The zero-order valence-electron chi connectivity index (χ0n) is 13.5. The second kappa shape index (κ2) is 6.89. The lowest BCUT2D eigenvalue weighted by molar-refractivity contribution is 0.0896. The number of nitrogens with two attached hydrogens (primary N) is 1. The number of nitriles is 1. The molecule has 128 valence electrons. The van der Waals surface area contributed by atoms with Crippen LogP contribution in [0.1, 0.15) is 28.8 Å². The molecule has 1 fully saturated rings. The summed E-state index contributed by atoms with van der Waals surface area (Å²) in [5.41, 5.74) is 7.64. The molecule has 0 amide bonds. The SMILES string of the molecule is N#Cc1ccc(N2CCC(C(=O)c3cc(F)ccc3F)CC2)c(N)c1. The Morgan fingerprint density at radius 3 is 2.52 bits per heavy atom. The first kappa shape index (κ1) is 16.9. The molecule has 0 aliphatic carbocycles. The van der Waals surface area contributed by atoms with E-state index < -0.39 is 11.6 Å². The van der Waals surface area contributed by atoms with Gasteiger partial charge in [0.15, 0.2) is 5.78 Å². The van der Waals surface area contributed by atoms with Crippen molar-refractivity contribution in [1.82, 2.24) is 0 Å². The molecule has 0 aromatic heterocycles. The van der Waals surface area contributed by atoms with Gasteiger partial charge in [0.05, 0.1) is 28.6 Å². The van der Waals surface area contributed by atoms with E-state index in [4.69, 9.17) is 11.0 Å². The van der Waals surface area contributed by atoms with Gasteiger partial charge in [0.25, 0.3) is 0 Å². The molecule has 0 saturated carbocycles. The summed E-state index contributed by atoms with van der Waals surface area (Å²) in [6.07, 6.45) is 1.07. The normalized spacial score (nSPS) is 15.0. The van der Waals surface area contributed by atoms with Crippen LogP contribution in [0.5, 0.6) is 0 Å². The molecule has 3 rings (SSSR count). The average Bonchev–Trinajstić information content (AvgIpc) is 2.63. The number of rotatable bonds is 3. The number of carbonyl (C=O) groups excluding carboxylic acids is 1. The highest BCUT2D eigenvalue weighted by Gasteiger charge is 2.28. The van der Waals surface area contributed by atoms with E-state index in [9.17, 15) is 13.6 Å². The molecule has 2 aromatic carbocycles. The van der Waals surface area contributed by atoms with E-state index in [1.807, 2.05) is 11.0 Å². The molecule has 0 atom stereocenters. The number of Topliss-reactive ketones (excluding diaryl/α,β-unsaturated/α-hetero) is 1. The Balaban J connectivity index is 1.71. The second-order valence-electron chi connectivity index (χ2n) is 6.14. The van der Waals surface area contributed by atoms with E-state index in [2.05, 4.69) is 0 Å². The fourth-order valence-electron chi connectivity index (χ4n) is 3.20. The van der Waals surface area contributed by atoms with Gasteiger partial charge in [-0.3, -0.25) is 4.79 Å². The van der Waals surface area contributed by atoms with Crippen molar-refractivity contribution >= 4 is 17.2 Å². The number of halogens is 2. The van der Waals surface area contributed by atoms with Crippen LogP contribution in [0.4, 0.5) is 20.2 Å². The molecule has 0 unspecified atom stereocenters. The van der Waals surface area contributed by atoms with Gasteiger partial charge in [0.2, 0.25) is 0 Å². The summed E-state index contributed by atoms with van der Waals surface area (Å²) < 4.78 is 27.1. The number of piperidine rings is 1.